The predicted octanol–water partition coefficient (Wildman–Crippen LogP) is 2.75. The smallest absolute Gasteiger partial charge is 0.315 e. The van der Waals surface area contributed by atoms with Gasteiger partial charge in [-0.15, -0.1) is 0 Å². The van der Waals surface area contributed by atoms with Crippen LogP contribution < -0.4 is 15.4 Å². The zero-order valence-corrected chi connectivity index (χ0v) is 13.9. The van der Waals surface area contributed by atoms with Gasteiger partial charge >= 0.3 is 6.03 Å². The van der Waals surface area contributed by atoms with E-state index in [4.69, 9.17) is 4.74 Å². The number of carbonyl (C=O) groups excluding carboxylic acids is 1. The molecule has 2 aliphatic carbocycles. The fourth-order valence-electron chi connectivity index (χ4n) is 4.31. The predicted molar refractivity (Wildman–Crippen MR) is 90.8 cm³/mol. The van der Waals surface area contributed by atoms with Crippen LogP contribution >= 0.6 is 0 Å². The van der Waals surface area contributed by atoms with E-state index in [1.54, 1.807) is 0 Å². The lowest BCUT2D eigenvalue weighted by Gasteiger charge is -2.30. The Morgan fingerprint density at radius 2 is 1.83 bits per heavy atom. The van der Waals surface area contributed by atoms with Crippen LogP contribution in [-0.2, 0) is 0 Å². The van der Waals surface area contributed by atoms with Gasteiger partial charge in [0.1, 0.15) is 18.5 Å². The Labute approximate surface area is 142 Å². The first-order valence-electron chi connectivity index (χ1n) is 9.19. The monoisotopic (exact) mass is 330 g/mol. The number of hydrogen-bond acceptors (Lipinski definition) is 3. The summed E-state index contributed by atoms with van der Waals surface area (Å²) in [4.78, 5) is 12.3. The lowest BCUT2D eigenvalue weighted by molar-refractivity contribution is 0.0773. The Morgan fingerprint density at radius 3 is 2.67 bits per heavy atom. The molecule has 5 heteroatoms. The number of urea groups is 1. The van der Waals surface area contributed by atoms with Gasteiger partial charge in [0, 0.05) is 11.6 Å². The number of ether oxygens (including phenoxy) is 1. The third kappa shape index (κ3) is 3.22. The topological polar surface area (TPSA) is 70.6 Å². The first-order chi connectivity index (χ1) is 11.7. The van der Waals surface area contributed by atoms with Crippen molar-refractivity contribution in [2.45, 2.75) is 56.7 Å². The molecule has 1 aliphatic heterocycles. The average molecular weight is 330 g/mol. The van der Waals surface area contributed by atoms with Crippen LogP contribution in [-0.4, -0.2) is 29.8 Å². The number of amides is 2. The number of rotatable bonds is 3. The molecule has 1 heterocycles. The molecule has 0 bridgehead atoms. The number of aliphatic hydroxyl groups excluding tert-OH is 1. The van der Waals surface area contributed by atoms with Crippen LogP contribution in [0.2, 0.25) is 0 Å². The van der Waals surface area contributed by atoms with Crippen molar-refractivity contribution in [3.8, 4) is 5.75 Å². The lowest BCUT2D eigenvalue weighted by Crippen LogP contribution is -2.50. The molecule has 4 rings (SSSR count). The Morgan fingerprint density at radius 1 is 1.08 bits per heavy atom. The Bertz CT molecular complexity index is 600. The van der Waals surface area contributed by atoms with Gasteiger partial charge in [-0.25, -0.2) is 4.79 Å². The molecule has 1 aromatic carbocycles. The molecule has 3 N–H and O–H groups in total. The van der Waals surface area contributed by atoms with E-state index in [0.29, 0.717) is 24.3 Å². The van der Waals surface area contributed by atoms with Gasteiger partial charge in [0.05, 0.1) is 6.04 Å². The van der Waals surface area contributed by atoms with Crippen molar-refractivity contribution in [1.82, 2.24) is 10.6 Å². The fourth-order valence-corrected chi connectivity index (χ4v) is 4.31. The summed E-state index contributed by atoms with van der Waals surface area (Å²) >= 11 is 0. The zero-order valence-electron chi connectivity index (χ0n) is 13.9. The number of para-hydroxylation sites is 1. The van der Waals surface area contributed by atoms with Crippen molar-refractivity contribution < 1.29 is 14.6 Å². The Hall–Kier alpha value is -1.75. The number of benzene rings is 1. The highest BCUT2D eigenvalue weighted by atomic mass is 16.5. The van der Waals surface area contributed by atoms with Gasteiger partial charge in [0.25, 0.3) is 0 Å². The quantitative estimate of drug-likeness (QED) is 0.798. The van der Waals surface area contributed by atoms with E-state index in [9.17, 15) is 9.90 Å². The third-order valence-electron chi connectivity index (χ3n) is 5.77. The van der Waals surface area contributed by atoms with Crippen LogP contribution in [0.1, 0.15) is 50.2 Å². The van der Waals surface area contributed by atoms with Gasteiger partial charge < -0.3 is 20.5 Å². The van der Waals surface area contributed by atoms with Gasteiger partial charge in [-0.05, 0) is 24.3 Å². The number of fused-ring (bicyclic) bond motifs is 1. The van der Waals surface area contributed by atoms with Gasteiger partial charge in [-0.1, -0.05) is 50.3 Å². The van der Waals surface area contributed by atoms with E-state index in [0.717, 1.165) is 17.9 Å². The average Bonchev–Trinajstić information content (AvgIpc) is 3.37. The fraction of sp³-hybridized carbons (Fsp3) is 0.632. The second-order valence-corrected chi connectivity index (χ2v) is 7.42. The van der Waals surface area contributed by atoms with Crippen LogP contribution in [0, 0.1) is 11.8 Å². The molecule has 2 amide bonds. The van der Waals surface area contributed by atoms with Gasteiger partial charge in [-0.2, -0.15) is 0 Å². The molecular weight excluding hydrogens is 304 g/mol. The van der Waals surface area contributed by atoms with Crippen LogP contribution in [0.25, 0.3) is 0 Å². The van der Waals surface area contributed by atoms with E-state index >= 15 is 0 Å². The van der Waals surface area contributed by atoms with Crippen LogP contribution in [0.3, 0.4) is 0 Å². The maximum absolute atomic E-state index is 12.3. The maximum atomic E-state index is 12.3. The molecule has 4 atom stereocenters. The van der Waals surface area contributed by atoms with Crippen molar-refractivity contribution in [1.29, 1.82) is 0 Å². The standard InChI is InChI=1S/C19H26N2O3/c22-18-13-8-4-5-9-17(13)24-11-16(18)21-19(23)20-15-10-14(15)12-6-2-1-3-7-12/h4-5,8-9,12,14-16,18,22H,1-3,6-7,10-11H2,(H2,20,21,23)/t14-,15+,16-,18-/m0/s1. The van der Waals surface area contributed by atoms with Crippen molar-refractivity contribution in [2.24, 2.45) is 11.8 Å². The molecule has 0 radical (unpaired) electrons. The van der Waals surface area contributed by atoms with Crippen LogP contribution in [0.4, 0.5) is 4.79 Å². The Balaban J connectivity index is 1.28. The van der Waals surface area contributed by atoms with E-state index in [2.05, 4.69) is 10.6 Å². The van der Waals surface area contributed by atoms with E-state index < -0.39 is 12.1 Å². The van der Waals surface area contributed by atoms with E-state index in [1.807, 2.05) is 24.3 Å². The molecule has 0 aromatic heterocycles. The molecule has 2 saturated carbocycles. The number of aliphatic hydroxyl groups is 1. The summed E-state index contributed by atoms with van der Waals surface area (Å²) in [5, 5.41) is 16.4. The summed E-state index contributed by atoms with van der Waals surface area (Å²) in [5.74, 6) is 2.15. The molecule has 1 aromatic rings. The minimum absolute atomic E-state index is 0.189. The SMILES string of the molecule is O=C(N[C@H]1COc2ccccc2[C@@H]1O)N[C@@H]1C[C@H]1C1CCCCC1. The molecule has 3 aliphatic rings. The zero-order chi connectivity index (χ0) is 16.5. The molecule has 0 spiro atoms. The molecule has 5 nitrogen and oxygen atoms in total. The van der Waals surface area contributed by atoms with E-state index in [-0.39, 0.29) is 6.03 Å². The van der Waals surface area contributed by atoms with E-state index in [1.165, 1.54) is 32.1 Å². The molecular formula is C19H26N2O3. The summed E-state index contributed by atoms with van der Waals surface area (Å²) in [6, 6.07) is 7.14. The number of carbonyl (C=O) groups is 1. The summed E-state index contributed by atoms with van der Waals surface area (Å²) in [5.41, 5.74) is 0.737. The third-order valence-corrected chi connectivity index (χ3v) is 5.77. The molecule has 24 heavy (non-hydrogen) atoms. The second-order valence-electron chi connectivity index (χ2n) is 7.42. The molecule has 0 saturated heterocycles. The highest BCUT2D eigenvalue weighted by Crippen LogP contribution is 2.44. The van der Waals surface area contributed by atoms with Gasteiger partial charge in [0.2, 0.25) is 0 Å². The van der Waals surface area contributed by atoms with Crippen molar-refractivity contribution in [3.63, 3.8) is 0 Å². The summed E-state index contributed by atoms with van der Waals surface area (Å²) in [6.45, 7) is 0.294. The van der Waals surface area contributed by atoms with Gasteiger partial charge in [0.15, 0.2) is 0 Å². The first-order valence-corrected chi connectivity index (χ1v) is 9.19. The van der Waals surface area contributed by atoms with Crippen molar-refractivity contribution >= 4 is 6.03 Å². The van der Waals surface area contributed by atoms with Crippen LogP contribution in [0.5, 0.6) is 5.75 Å². The second kappa shape index (κ2) is 6.63. The summed E-state index contributed by atoms with van der Waals surface area (Å²) < 4.78 is 5.64. The summed E-state index contributed by atoms with van der Waals surface area (Å²) in [7, 11) is 0. The first kappa shape index (κ1) is 15.8. The van der Waals surface area contributed by atoms with Gasteiger partial charge in [-0.3, -0.25) is 0 Å². The maximum Gasteiger partial charge on any atom is 0.315 e. The number of nitrogens with one attached hydrogen (secondary N) is 2. The largest absolute Gasteiger partial charge is 0.491 e. The number of hydrogen-bond donors (Lipinski definition) is 3. The summed E-state index contributed by atoms with van der Waals surface area (Å²) in [6.07, 6.45) is 7.05. The normalized spacial score (nSPS) is 32.4. The molecule has 130 valence electrons. The molecule has 0 unspecified atom stereocenters. The highest BCUT2D eigenvalue weighted by Gasteiger charge is 2.44. The Kier molecular flexibility index (Phi) is 4.35. The highest BCUT2D eigenvalue weighted by molar-refractivity contribution is 5.75. The van der Waals surface area contributed by atoms with Crippen molar-refractivity contribution in [2.75, 3.05) is 6.61 Å². The van der Waals surface area contributed by atoms with Crippen LogP contribution in [0.15, 0.2) is 24.3 Å². The molecule has 2 fully saturated rings. The minimum atomic E-state index is -0.728. The minimum Gasteiger partial charge on any atom is -0.491 e. The lowest BCUT2D eigenvalue weighted by atomic mass is 9.85. The van der Waals surface area contributed by atoms with Crippen molar-refractivity contribution in [3.05, 3.63) is 29.8 Å².